The van der Waals surface area contributed by atoms with Gasteiger partial charge in [-0.1, -0.05) is 18.2 Å². The summed E-state index contributed by atoms with van der Waals surface area (Å²) in [5.74, 6) is 1.71. The summed E-state index contributed by atoms with van der Waals surface area (Å²) >= 11 is 7.48. The van der Waals surface area contributed by atoms with E-state index in [9.17, 15) is 0 Å². The van der Waals surface area contributed by atoms with Crippen LogP contribution in [0.2, 0.25) is 0 Å². The number of rotatable bonds is 3. The number of benzene rings is 1. The lowest BCUT2D eigenvalue weighted by molar-refractivity contribution is 1.21. The molecule has 1 aromatic carbocycles. The molecule has 0 aliphatic rings. The highest BCUT2D eigenvalue weighted by molar-refractivity contribution is 7.99. The van der Waals surface area contributed by atoms with Crippen LogP contribution < -0.4 is 0 Å². The monoisotopic (exact) mass is 200 g/mol. The van der Waals surface area contributed by atoms with Crippen molar-refractivity contribution in [2.45, 2.75) is 18.7 Å². The van der Waals surface area contributed by atoms with Crippen molar-refractivity contribution in [3.8, 4) is 0 Å². The van der Waals surface area contributed by atoms with E-state index in [0.717, 1.165) is 11.6 Å². The second-order valence-electron chi connectivity index (χ2n) is 2.76. The summed E-state index contributed by atoms with van der Waals surface area (Å²) in [6, 6.07) is 6.38. The van der Waals surface area contributed by atoms with Gasteiger partial charge in [0.25, 0.3) is 0 Å². The molecule has 1 aromatic rings. The van der Waals surface area contributed by atoms with Gasteiger partial charge in [0.1, 0.15) is 0 Å². The smallest absolute Gasteiger partial charge is 0.0317 e. The van der Waals surface area contributed by atoms with Gasteiger partial charge in [-0.25, -0.2) is 0 Å². The highest BCUT2D eigenvalue weighted by Crippen LogP contribution is 2.25. The van der Waals surface area contributed by atoms with Crippen LogP contribution in [0.5, 0.6) is 0 Å². The third-order valence-corrected chi connectivity index (χ3v) is 3.49. The number of alkyl halides is 1. The van der Waals surface area contributed by atoms with Gasteiger partial charge in [-0.05, 0) is 25.0 Å². The third-order valence-electron chi connectivity index (χ3n) is 1.73. The number of halogens is 1. The third kappa shape index (κ3) is 2.43. The maximum Gasteiger partial charge on any atom is 0.0317 e. The van der Waals surface area contributed by atoms with E-state index >= 15 is 0 Å². The van der Waals surface area contributed by atoms with Crippen molar-refractivity contribution in [2.24, 2.45) is 0 Å². The zero-order valence-corrected chi connectivity index (χ0v) is 9.00. The van der Waals surface area contributed by atoms with Gasteiger partial charge >= 0.3 is 0 Å². The summed E-state index contributed by atoms with van der Waals surface area (Å²) in [7, 11) is 0. The molecule has 0 bridgehead atoms. The van der Waals surface area contributed by atoms with Crippen LogP contribution in [0.4, 0.5) is 0 Å². The maximum atomic E-state index is 5.64. The fourth-order valence-corrected chi connectivity index (χ4v) is 2.27. The molecule has 0 aliphatic carbocycles. The minimum Gasteiger partial charge on any atom is -0.126 e. The van der Waals surface area contributed by atoms with Gasteiger partial charge in [-0.15, -0.1) is 23.4 Å². The number of thioether (sulfide) groups is 1. The maximum absolute atomic E-state index is 5.64. The van der Waals surface area contributed by atoms with Crippen molar-refractivity contribution >= 4 is 23.4 Å². The molecule has 0 radical (unpaired) electrons. The Hall–Kier alpha value is -0.140. The molecular formula is C10H13ClS. The van der Waals surface area contributed by atoms with E-state index in [1.165, 1.54) is 16.0 Å². The number of aryl methyl sites for hydroxylation is 2. The molecule has 0 nitrogen and oxygen atoms in total. The van der Waals surface area contributed by atoms with E-state index in [1.54, 1.807) is 0 Å². The lowest BCUT2D eigenvalue weighted by atomic mass is 10.2. The molecule has 0 spiro atoms. The van der Waals surface area contributed by atoms with Gasteiger partial charge in [0, 0.05) is 16.5 Å². The van der Waals surface area contributed by atoms with Crippen LogP contribution in [0.25, 0.3) is 0 Å². The number of hydrogen-bond acceptors (Lipinski definition) is 1. The molecule has 0 unspecified atom stereocenters. The summed E-state index contributed by atoms with van der Waals surface area (Å²) < 4.78 is 0. The normalized spacial score (nSPS) is 10.2. The van der Waals surface area contributed by atoms with E-state index in [1.807, 2.05) is 11.8 Å². The molecule has 0 amide bonds. The minimum atomic E-state index is 0.721. The quantitative estimate of drug-likeness (QED) is 0.531. The van der Waals surface area contributed by atoms with Crippen LogP contribution >= 0.6 is 23.4 Å². The highest BCUT2D eigenvalue weighted by Gasteiger charge is 2.00. The van der Waals surface area contributed by atoms with E-state index < -0.39 is 0 Å². The molecule has 0 aliphatic heterocycles. The lowest BCUT2D eigenvalue weighted by Crippen LogP contribution is -1.87. The van der Waals surface area contributed by atoms with Crippen molar-refractivity contribution in [3.63, 3.8) is 0 Å². The summed E-state index contributed by atoms with van der Waals surface area (Å²) in [6.07, 6.45) is 0. The first-order valence-corrected chi connectivity index (χ1v) is 5.52. The zero-order chi connectivity index (χ0) is 8.97. The molecule has 1 rings (SSSR count). The molecule has 0 N–H and O–H groups in total. The van der Waals surface area contributed by atoms with E-state index in [0.29, 0.717) is 0 Å². The van der Waals surface area contributed by atoms with Gasteiger partial charge in [-0.3, -0.25) is 0 Å². The molecule has 0 fully saturated rings. The zero-order valence-electron chi connectivity index (χ0n) is 7.43. The highest BCUT2D eigenvalue weighted by atomic mass is 35.5. The van der Waals surface area contributed by atoms with E-state index in [4.69, 9.17) is 11.6 Å². The first kappa shape index (κ1) is 9.94. The Balaban J connectivity index is 2.81. The molecular weight excluding hydrogens is 188 g/mol. The second kappa shape index (κ2) is 4.78. The molecule has 12 heavy (non-hydrogen) atoms. The van der Waals surface area contributed by atoms with Crippen LogP contribution in [0.15, 0.2) is 23.1 Å². The predicted octanol–water partition coefficient (Wildman–Crippen LogP) is 3.63. The Kier molecular flexibility index (Phi) is 3.96. The van der Waals surface area contributed by atoms with Gasteiger partial charge in [0.05, 0.1) is 0 Å². The first-order chi connectivity index (χ1) is 5.75. The van der Waals surface area contributed by atoms with Crippen LogP contribution in [0.1, 0.15) is 11.1 Å². The summed E-state index contributed by atoms with van der Waals surface area (Å²) in [6.45, 7) is 4.28. The molecule has 0 saturated heterocycles. The largest absolute Gasteiger partial charge is 0.126 e. The SMILES string of the molecule is Cc1cccc(C)c1SCCCl. The first-order valence-electron chi connectivity index (χ1n) is 4.00. The van der Waals surface area contributed by atoms with Crippen molar-refractivity contribution in [1.29, 1.82) is 0 Å². The Bertz CT molecular complexity index is 238. The van der Waals surface area contributed by atoms with Gasteiger partial charge in [0.2, 0.25) is 0 Å². The van der Waals surface area contributed by atoms with Crippen LogP contribution in [-0.2, 0) is 0 Å². The van der Waals surface area contributed by atoms with Gasteiger partial charge in [-0.2, -0.15) is 0 Å². The molecule has 0 atom stereocenters. The minimum absolute atomic E-state index is 0.721. The lowest BCUT2D eigenvalue weighted by Gasteiger charge is -2.07. The van der Waals surface area contributed by atoms with Crippen molar-refractivity contribution in [3.05, 3.63) is 29.3 Å². The second-order valence-corrected chi connectivity index (χ2v) is 4.24. The fraction of sp³-hybridized carbons (Fsp3) is 0.400. The standard InChI is InChI=1S/C10H13ClS/c1-8-4-3-5-9(2)10(8)12-7-6-11/h3-5H,6-7H2,1-2H3. The summed E-state index contributed by atoms with van der Waals surface area (Å²) in [4.78, 5) is 1.39. The Morgan fingerprint density at radius 1 is 1.25 bits per heavy atom. The Morgan fingerprint density at radius 2 is 1.83 bits per heavy atom. The van der Waals surface area contributed by atoms with Crippen molar-refractivity contribution in [1.82, 2.24) is 0 Å². The summed E-state index contributed by atoms with van der Waals surface area (Å²) in [5, 5.41) is 0. The summed E-state index contributed by atoms with van der Waals surface area (Å²) in [5.41, 5.74) is 2.70. The van der Waals surface area contributed by atoms with Crippen LogP contribution in [-0.4, -0.2) is 11.6 Å². The van der Waals surface area contributed by atoms with Crippen molar-refractivity contribution < 1.29 is 0 Å². The molecule has 0 saturated carbocycles. The predicted molar refractivity (Wildman–Crippen MR) is 57.4 cm³/mol. The molecule has 2 heteroatoms. The molecule has 0 aromatic heterocycles. The van der Waals surface area contributed by atoms with Gasteiger partial charge < -0.3 is 0 Å². The van der Waals surface area contributed by atoms with Crippen LogP contribution in [0.3, 0.4) is 0 Å². The van der Waals surface area contributed by atoms with Crippen LogP contribution in [0, 0.1) is 13.8 Å². The fourth-order valence-electron chi connectivity index (χ4n) is 1.17. The molecule has 66 valence electrons. The average Bonchev–Trinajstić information content (AvgIpc) is 2.04. The van der Waals surface area contributed by atoms with Gasteiger partial charge in [0.15, 0.2) is 0 Å². The average molecular weight is 201 g/mol. The Labute approximate surface area is 83.3 Å². The molecule has 0 heterocycles. The number of hydrogen-bond donors (Lipinski definition) is 0. The topological polar surface area (TPSA) is 0 Å². The van der Waals surface area contributed by atoms with E-state index in [2.05, 4.69) is 32.0 Å². The Morgan fingerprint density at radius 3 is 2.33 bits per heavy atom. The van der Waals surface area contributed by atoms with Crippen molar-refractivity contribution in [2.75, 3.05) is 11.6 Å². The van der Waals surface area contributed by atoms with E-state index in [-0.39, 0.29) is 0 Å².